The summed E-state index contributed by atoms with van der Waals surface area (Å²) in [5.74, 6) is 0. The van der Waals surface area contributed by atoms with Crippen LogP contribution < -0.4 is 0 Å². The van der Waals surface area contributed by atoms with Gasteiger partial charge in [0.1, 0.15) is 0 Å². The highest BCUT2D eigenvalue weighted by atomic mass is 35.5. The van der Waals surface area contributed by atoms with Crippen molar-refractivity contribution in [2.75, 3.05) is 0 Å². The van der Waals surface area contributed by atoms with E-state index in [4.69, 9.17) is 16.2 Å². The Bertz CT molecular complexity index is 477. The zero-order chi connectivity index (χ0) is 10.9. The summed E-state index contributed by atoms with van der Waals surface area (Å²) in [6.45, 7) is 5.26. The van der Waals surface area contributed by atoms with E-state index in [9.17, 15) is 8.42 Å². The van der Waals surface area contributed by atoms with E-state index in [2.05, 4.69) is 6.58 Å². The molecule has 14 heavy (non-hydrogen) atoms. The third-order valence-corrected chi connectivity index (χ3v) is 3.10. The van der Waals surface area contributed by atoms with E-state index in [1.54, 1.807) is 6.92 Å². The Morgan fingerprint density at radius 2 is 2.07 bits per heavy atom. The van der Waals surface area contributed by atoms with Gasteiger partial charge in [-0.25, -0.2) is 0 Å². The van der Waals surface area contributed by atoms with Gasteiger partial charge in [0.15, 0.2) is 0 Å². The van der Waals surface area contributed by atoms with Crippen molar-refractivity contribution in [2.24, 2.45) is 0 Å². The first-order chi connectivity index (χ1) is 6.36. The van der Waals surface area contributed by atoms with Gasteiger partial charge in [-0.05, 0) is 30.2 Å². The summed E-state index contributed by atoms with van der Waals surface area (Å²) in [6, 6.07) is 2.53. The van der Waals surface area contributed by atoms with Gasteiger partial charge in [0.25, 0.3) is 10.1 Å². The van der Waals surface area contributed by atoms with Gasteiger partial charge in [-0.3, -0.25) is 4.55 Å². The van der Waals surface area contributed by atoms with E-state index in [0.29, 0.717) is 5.56 Å². The van der Waals surface area contributed by atoms with Crippen molar-refractivity contribution in [1.82, 2.24) is 0 Å². The van der Waals surface area contributed by atoms with Crippen molar-refractivity contribution in [3.8, 4) is 0 Å². The van der Waals surface area contributed by atoms with Gasteiger partial charge < -0.3 is 0 Å². The van der Waals surface area contributed by atoms with Crippen LogP contribution in [0.5, 0.6) is 0 Å². The first-order valence-corrected chi connectivity index (χ1v) is 5.58. The molecule has 76 valence electrons. The van der Waals surface area contributed by atoms with E-state index < -0.39 is 10.1 Å². The largest absolute Gasteiger partial charge is 0.294 e. The molecule has 0 saturated carbocycles. The molecule has 0 saturated heterocycles. The minimum atomic E-state index is -4.21. The van der Waals surface area contributed by atoms with Crippen LogP contribution in [0.25, 0.3) is 6.08 Å². The average molecular weight is 233 g/mol. The lowest BCUT2D eigenvalue weighted by Crippen LogP contribution is -1.99. The molecule has 0 aliphatic rings. The Hall–Kier alpha value is -0.840. The van der Waals surface area contributed by atoms with Crippen molar-refractivity contribution in [3.05, 3.63) is 34.9 Å². The van der Waals surface area contributed by atoms with Crippen LogP contribution in [0.15, 0.2) is 23.6 Å². The van der Waals surface area contributed by atoms with Crippen LogP contribution in [-0.2, 0) is 10.1 Å². The summed E-state index contributed by atoms with van der Waals surface area (Å²) in [5.41, 5.74) is 1.32. The predicted octanol–water partition coefficient (Wildman–Crippen LogP) is 2.54. The van der Waals surface area contributed by atoms with Crippen molar-refractivity contribution in [2.45, 2.75) is 11.8 Å². The molecule has 0 aliphatic carbocycles. The number of hydrogen-bond donors (Lipinski definition) is 1. The van der Waals surface area contributed by atoms with Gasteiger partial charge in [-0.15, -0.1) is 0 Å². The quantitative estimate of drug-likeness (QED) is 0.798. The lowest BCUT2D eigenvalue weighted by molar-refractivity contribution is 0.483. The smallest absolute Gasteiger partial charge is 0.282 e. The first kappa shape index (κ1) is 11.2. The standard InChI is InChI=1S/C9H9ClO3S/c1-3-7-4-8(14(11,12)13)5-9(10)6(7)2/h3-5H,1H2,2H3,(H,11,12,13). The predicted molar refractivity (Wildman–Crippen MR) is 56.1 cm³/mol. The molecule has 1 aromatic carbocycles. The maximum atomic E-state index is 10.8. The fraction of sp³-hybridized carbons (Fsp3) is 0.111. The fourth-order valence-electron chi connectivity index (χ4n) is 1.04. The molecule has 0 aromatic heterocycles. The minimum absolute atomic E-state index is 0.219. The lowest BCUT2D eigenvalue weighted by Gasteiger charge is -2.05. The van der Waals surface area contributed by atoms with Crippen LogP contribution >= 0.6 is 11.6 Å². The molecule has 0 unspecified atom stereocenters. The van der Waals surface area contributed by atoms with Crippen molar-refractivity contribution >= 4 is 27.8 Å². The second kappa shape index (κ2) is 3.73. The van der Waals surface area contributed by atoms with Crippen molar-refractivity contribution in [3.63, 3.8) is 0 Å². The molecule has 1 aromatic rings. The number of rotatable bonds is 2. The third kappa shape index (κ3) is 2.15. The zero-order valence-corrected chi connectivity index (χ0v) is 9.06. The Kier molecular flexibility index (Phi) is 2.99. The maximum absolute atomic E-state index is 10.8. The molecule has 0 atom stereocenters. The topological polar surface area (TPSA) is 54.4 Å². The van der Waals surface area contributed by atoms with Gasteiger partial charge in [-0.2, -0.15) is 8.42 Å². The highest BCUT2D eigenvalue weighted by Gasteiger charge is 2.13. The van der Waals surface area contributed by atoms with Gasteiger partial charge in [0.2, 0.25) is 0 Å². The summed E-state index contributed by atoms with van der Waals surface area (Å²) in [6.07, 6.45) is 1.48. The molecular weight excluding hydrogens is 224 g/mol. The maximum Gasteiger partial charge on any atom is 0.294 e. The number of hydrogen-bond acceptors (Lipinski definition) is 2. The molecule has 0 aliphatic heterocycles. The Labute approximate surface area is 87.8 Å². The fourth-order valence-corrected chi connectivity index (χ4v) is 1.87. The van der Waals surface area contributed by atoms with Crippen molar-refractivity contribution < 1.29 is 13.0 Å². The number of halogens is 1. The second-order valence-electron chi connectivity index (χ2n) is 2.80. The van der Waals surface area contributed by atoms with Crippen LogP contribution in [0.4, 0.5) is 0 Å². The molecule has 1 N–H and O–H groups in total. The van der Waals surface area contributed by atoms with E-state index in [-0.39, 0.29) is 9.92 Å². The molecule has 1 rings (SSSR count). The van der Waals surface area contributed by atoms with Crippen LogP contribution in [0.1, 0.15) is 11.1 Å². The molecule has 0 bridgehead atoms. The van der Waals surface area contributed by atoms with Crippen LogP contribution in [0.2, 0.25) is 5.02 Å². The summed E-state index contributed by atoms with van der Waals surface area (Å²) in [4.78, 5) is -0.219. The molecular formula is C9H9ClO3S. The Morgan fingerprint density at radius 1 is 1.50 bits per heavy atom. The van der Waals surface area contributed by atoms with E-state index in [1.165, 1.54) is 18.2 Å². The van der Waals surface area contributed by atoms with Gasteiger partial charge in [-0.1, -0.05) is 24.3 Å². The average Bonchev–Trinajstić information content (AvgIpc) is 2.07. The van der Waals surface area contributed by atoms with Gasteiger partial charge >= 0.3 is 0 Å². The Morgan fingerprint density at radius 3 is 2.50 bits per heavy atom. The minimum Gasteiger partial charge on any atom is -0.282 e. The second-order valence-corrected chi connectivity index (χ2v) is 4.63. The van der Waals surface area contributed by atoms with Crippen LogP contribution in [0, 0.1) is 6.92 Å². The summed E-state index contributed by atoms with van der Waals surface area (Å²) < 4.78 is 30.5. The molecule has 5 heteroatoms. The summed E-state index contributed by atoms with van der Waals surface area (Å²) in [7, 11) is -4.21. The van der Waals surface area contributed by atoms with E-state index >= 15 is 0 Å². The van der Waals surface area contributed by atoms with Crippen LogP contribution in [-0.4, -0.2) is 13.0 Å². The van der Waals surface area contributed by atoms with E-state index in [1.807, 2.05) is 0 Å². The highest BCUT2D eigenvalue weighted by Crippen LogP contribution is 2.24. The number of benzene rings is 1. The zero-order valence-electron chi connectivity index (χ0n) is 7.49. The molecule has 0 fully saturated rings. The molecule has 0 radical (unpaired) electrons. The lowest BCUT2D eigenvalue weighted by atomic mass is 10.1. The first-order valence-electron chi connectivity index (χ1n) is 3.76. The molecule has 0 spiro atoms. The monoisotopic (exact) mass is 232 g/mol. The molecule has 0 amide bonds. The molecule has 3 nitrogen and oxygen atoms in total. The van der Waals surface area contributed by atoms with Crippen molar-refractivity contribution in [1.29, 1.82) is 0 Å². The third-order valence-electron chi connectivity index (χ3n) is 1.88. The Balaban J connectivity index is 3.53. The van der Waals surface area contributed by atoms with Gasteiger partial charge in [0.05, 0.1) is 4.90 Å². The highest BCUT2D eigenvalue weighted by molar-refractivity contribution is 7.85. The van der Waals surface area contributed by atoms with Crippen LogP contribution in [0.3, 0.4) is 0 Å². The normalized spacial score (nSPS) is 11.4. The van der Waals surface area contributed by atoms with E-state index in [0.717, 1.165) is 5.56 Å². The summed E-state index contributed by atoms with van der Waals surface area (Å²) in [5, 5.41) is 0.287. The molecule has 0 heterocycles. The van der Waals surface area contributed by atoms with Gasteiger partial charge in [0, 0.05) is 5.02 Å². The SMILES string of the molecule is C=Cc1cc(S(=O)(=O)O)cc(Cl)c1C. The summed E-state index contributed by atoms with van der Waals surface area (Å²) >= 11 is 5.78.